The fourth-order valence-corrected chi connectivity index (χ4v) is 2.07. The fourth-order valence-electron chi connectivity index (χ4n) is 1.95. The molecule has 0 atom stereocenters. The minimum Gasteiger partial charge on any atom is -0.504 e. The zero-order chi connectivity index (χ0) is 18.2. The highest BCUT2D eigenvalue weighted by atomic mass is 35.5. The Labute approximate surface area is 151 Å². The number of aryl methyl sites for hydroxylation is 1. The van der Waals surface area contributed by atoms with Crippen molar-refractivity contribution in [3.8, 4) is 17.2 Å². The number of amides is 1. The molecule has 2 aromatic rings. The average molecular weight is 363 g/mol. The number of carbonyl (C=O) groups is 1. The number of rotatable bonds is 7. The summed E-state index contributed by atoms with van der Waals surface area (Å²) in [4.78, 5) is 11.7. The van der Waals surface area contributed by atoms with E-state index >= 15 is 0 Å². The maximum atomic E-state index is 11.7. The number of hydrogen-bond donors (Lipinski definition) is 2. The van der Waals surface area contributed by atoms with E-state index < -0.39 is 5.91 Å². The van der Waals surface area contributed by atoms with Crippen molar-refractivity contribution in [3.63, 3.8) is 0 Å². The second kappa shape index (κ2) is 8.94. The molecule has 0 aromatic heterocycles. The molecule has 132 valence electrons. The molecule has 0 radical (unpaired) electrons. The number of benzene rings is 2. The van der Waals surface area contributed by atoms with Gasteiger partial charge in [-0.05, 0) is 61.4 Å². The highest BCUT2D eigenvalue weighted by Crippen LogP contribution is 2.26. The van der Waals surface area contributed by atoms with Gasteiger partial charge in [-0.25, -0.2) is 5.43 Å². The Morgan fingerprint density at radius 2 is 2.08 bits per heavy atom. The molecule has 0 spiro atoms. The molecule has 0 saturated carbocycles. The number of aromatic hydroxyl groups is 1. The molecule has 6 nitrogen and oxygen atoms in total. The van der Waals surface area contributed by atoms with Gasteiger partial charge in [0.25, 0.3) is 5.91 Å². The number of ether oxygens (including phenoxy) is 2. The van der Waals surface area contributed by atoms with Crippen molar-refractivity contribution in [2.75, 3.05) is 13.2 Å². The van der Waals surface area contributed by atoms with Gasteiger partial charge in [0.05, 0.1) is 12.8 Å². The van der Waals surface area contributed by atoms with E-state index in [1.54, 1.807) is 30.3 Å². The number of nitrogens with zero attached hydrogens (tertiary/aromatic N) is 1. The lowest BCUT2D eigenvalue weighted by Crippen LogP contribution is -2.24. The van der Waals surface area contributed by atoms with Crippen molar-refractivity contribution in [2.45, 2.75) is 13.8 Å². The normalized spacial score (nSPS) is 10.7. The summed E-state index contributed by atoms with van der Waals surface area (Å²) in [7, 11) is 0. The number of phenolic OH excluding ortho intramolecular Hbond substituents is 1. The van der Waals surface area contributed by atoms with E-state index in [9.17, 15) is 9.90 Å². The Morgan fingerprint density at radius 3 is 2.80 bits per heavy atom. The maximum absolute atomic E-state index is 11.7. The topological polar surface area (TPSA) is 80.2 Å². The first-order valence-corrected chi connectivity index (χ1v) is 8.04. The van der Waals surface area contributed by atoms with Crippen molar-refractivity contribution in [2.24, 2.45) is 5.10 Å². The van der Waals surface area contributed by atoms with Crippen LogP contribution in [0, 0.1) is 6.92 Å². The van der Waals surface area contributed by atoms with E-state index in [0.717, 1.165) is 5.56 Å². The van der Waals surface area contributed by atoms with E-state index in [-0.39, 0.29) is 12.4 Å². The Bertz CT molecular complexity index is 778. The van der Waals surface area contributed by atoms with Gasteiger partial charge >= 0.3 is 0 Å². The first-order chi connectivity index (χ1) is 12.0. The maximum Gasteiger partial charge on any atom is 0.277 e. The van der Waals surface area contributed by atoms with E-state index in [0.29, 0.717) is 28.7 Å². The molecule has 2 aromatic carbocycles. The van der Waals surface area contributed by atoms with Crippen LogP contribution in [0.25, 0.3) is 0 Å². The predicted molar refractivity (Wildman–Crippen MR) is 96.7 cm³/mol. The lowest BCUT2D eigenvalue weighted by Gasteiger charge is -2.07. The van der Waals surface area contributed by atoms with Gasteiger partial charge in [0, 0.05) is 5.02 Å². The number of hydrazone groups is 1. The number of hydrogen-bond acceptors (Lipinski definition) is 5. The van der Waals surface area contributed by atoms with Gasteiger partial charge in [0.1, 0.15) is 5.75 Å². The quantitative estimate of drug-likeness (QED) is 0.585. The molecular weight excluding hydrogens is 344 g/mol. The molecule has 0 aliphatic rings. The third kappa shape index (κ3) is 5.69. The SMILES string of the molecule is CCOc1cc(/C=N\NC(=O)COc2ccc(Cl)c(C)c2)ccc1O. The highest BCUT2D eigenvalue weighted by Gasteiger charge is 2.04. The Morgan fingerprint density at radius 1 is 1.28 bits per heavy atom. The molecule has 0 fully saturated rings. The summed E-state index contributed by atoms with van der Waals surface area (Å²) >= 11 is 5.93. The van der Waals surface area contributed by atoms with Crippen LogP contribution in [0.4, 0.5) is 0 Å². The molecule has 0 unspecified atom stereocenters. The van der Waals surface area contributed by atoms with Gasteiger partial charge < -0.3 is 14.6 Å². The summed E-state index contributed by atoms with van der Waals surface area (Å²) in [6.45, 7) is 3.95. The summed E-state index contributed by atoms with van der Waals surface area (Å²) in [6.07, 6.45) is 1.45. The largest absolute Gasteiger partial charge is 0.504 e. The van der Waals surface area contributed by atoms with Crippen LogP contribution in [0.5, 0.6) is 17.2 Å². The van der Waals surface area contributed by atoms with E-state index in [1.165, 1.54) is 12.3 Å². The lowest BCUT2D eigenvalue weighted by molar-refractivity contribution is -0.123. The molecule has 7 heteroatoms. The van der Waals surface area contributed by atoms with Crippen LogP contribution >= 0.6 is 11.6 Å². The molecule has 0 aliphatic heterocycles. The van der Waals surface area contributed by atoms with Gasteiger partial charge in [-0.2, -0.15) is 5.10 Å². The Kier molecular flexibility index (Phi) is 6.65. The van der Waals surface area contributed by atoms with Gasteiger partial charge in [0.15, 0.2) is 18.1 Å². The van der Waals surface area contributed by atoms with Crippen LogP contribution < -0.4 is 14.9 Å². The first-order valence-electron chi connectivity index (χ1n) is 7.66. The van der Waals surface area contributed by atoms with Crippen molar-refractivity contribution in [3.05, 3.63) is 52.5 Å². The molecule has 0 saturated heterocycles. The average Bonchev–Trinajstić information content (AvgIpc) is 2.59. The Hall–Kier alpha value is -2.73. The summed E-state index contributed by atoms with van der Waals surface area (Å²) in [5, 5.41) is 14.1. The minimum atomic E-state index is -0.396. The monoisotopic (exact) mass is 362 g/mol. The standard InChI is InChI=1S/C18H19ClN2O4/c1-3-24-17-9-13(4-7-16(17)22)10-20-21-18(23)11-25-14-5-6-15(19)12(2)8-14/h4-10,22H,3,11H2,1-2H3,(H,21,23)/b20-10-. The van der Waals surface area contributed by atoms with E-state index in [1.807, 2.05) is 13.8 Å². The summed E-state index contributed by atoms with van der Waals surface area (Å²) < 4.78 is 10.7. The van der Waals surface area contributed by atoms with Crippen LogP contribution in [0.2, 0.25) is 5.02 Å². The molecule has 0 aliphatic carbocycles. The lowest BCUT2D eigenvalue weighted by atomic mass is 10.2. The van der Waals surface area contributed by atoms with Crippen molar-refractivity contribution in [1.29, 1.82) is 0 Å². The van der Waals surface area contributed by atoms with Crippen molar-refractivity contribution in [1.82, 2.24) is 5.43 Å². The zero-order valence-corrected chi connectivity index (χ0v) is 14.7. The Balaban J connectivity index is 1.85. The fraction of sp³-hybridized carbons (Fsp3) is 0.222. The molecule has 25 heavy (non-hydrogen) atoms. The smallest absolute Gasteiger partial charge is 0.277 e. The van der Waals surface area contributed by atoms with Crippen LogP contribution in [0.3, 0.4) is 0 Å². The van der Waals surface area contributed by atoms with Gasteiger partial charge in [-0.15, -0.1) is 0 Å². The van der Waals surface area contributed by atoms with Crippen molar-refractivity contribution < 1.29 is 19.4 Å². The van der Waals surface area contributed by atoms with Crippen LogP contribution in [0.1, 0.15) is 18.1 Å². The molecule has 0 heterocycles. The number of nitrogens with one attached hydrogen (secondary N) is 1. The van der Waals surface area contributed by atoms with Crippen LogP contribution in [0.15, 0.2) is 41.5 Å². The zero-order valence-electron chi connectivity index (χ0n) is 14.0. The third-order valence-electron chi connectivity index (χ3n) is 3.19. The van der Waals surface area contributed by atoms with Crippen molar-refractivity contribution >= 4 is 23.7 Å². The molecule has 2 rings (SSSR count). The summed E-state index contributed by atoms with van der Waals surface area (Å²) in [6, 6.07) is 9.94. The molecular formula is C18H19ClN2O4. The minimum absolute atomic E-state index is 0.0506. The van der Waals surface area contributed by atoms with Gasteiger partial charge in [-0.1, -0.05) is 11.6 Å². The number of carbonyl (C=O) groups excluding carboxylic acids is 1. The number of phenols is 1. The first kappa shape index (κ1) is 18.6. The second-order valence-electron chi connectivity index (χ2n) is 5.15. The van der Waals surface area contributed by atoms with E-state index in [2.05, 4.69) is 10.5 Å². The number of halogens is 1. The van der Waals surface area contributed by atoms with E-state index in [4.69, 9.17) is 21.1 Å². The highest BCUT2D eigenvalue weighted by molar-refractivity contribution is 6.31. The predicted octanol–water partition coefficient (Wildman–Crippen LogP) is 3.28. The van der Waals surface area contributed by atoms with Crippen LogP contribution in [-0.2, 0) is 4.79 Å². The van der Waals surface area contributed by atoms with Gasteiger partial charge in [0.2, 0.25) is 0 Å². The second-order valence-corrected chi connectivity index (χ2v) is 5.56. The molecule has 2 N–H and O–H groups in total. The molecule has 1 amide bonds. The summed E-state index contributed by atoms with van der Waals surface area (Å²) in [5.74, 6) is 0.572. The van der Waals surface area contributed by atoms with Gasteiger partial charge in [-0.3, -0.25) is 4.79 Å². The third-order valence-corrected chi connectivity index (χ3v) is 3.61. The molecule has 0 bridgehead atoms. The summed E-state index contributed by atoms with van der Waals surface area (Å²) in [5.41, 5.74) is 3.92. The van der Waals surface area contributed by atoms with Crippen LogP contribution in [-0.4, -0.2) is 30.4 Å².